The second-order valence-electron chi connectivity index (χ2n) is 8.38. The molecule has 164 valence electrons. The zero-order valence-corrected chi connectivity index (χ0v) is 17.8. The van der Waals surface area contributed by atoms with Gasteiger partial charge in [-0.2, -0.15) is 0 Å². The zero-order chi connectivity index (χ0) is 21.8. The van der Waals surface area contributed by atoms with Crippen molar-refractivity contribution in [2.75, 3.05) is 18.5 Å². The number of amides is 2. The van der Waals surface area contributed by atoms with Gasteiger partial charge in [0.1, 0.15) is 0 Å². The molecule has 2 aromatic rings. The molecule has 1 aliphatic heterocycles. The molecule has 2 aliphatic rings. The van der Waals surface area contributed by atoms with Crippen LogP contribution >= 0.6 is 0 Å². The Hall–Kier alpha value is -3.09. The van der Waals surface area contributed by atoms with E-state index >= 15 is 0 Å². The van der Waals surface area contributed by atoms with E-state index in [-0.39, 0.29) is 29.9 Å². The van der Waals surface area contributed by atoms with Crippen molar-refractivity contribution in [2.24, 2.45) is 5.92 Å². The van der Waals surface area contributed by atoms with Gasteiger partial charge >= 0.3 is 5.97 Å². The van der Waals surface area contributed by atoms with E-state index in [1.807, 2.05) is 11.8 Å². The van der Waals surface area contributed by atoms with Crippen LogP contribution in [-0.4, -0.2) is 41.9 Å². The van der Waals surface area contributed by atoms with E-state index < -0.39 is 11.9 Å². The summed E-state index contributed by atoms with van der Waals surface area (Å²) in [6, 6.07) is 8.39. The number of benzene rings is 1. The molecule has 2 amide bonds. The molecule has 0 unspecified atom stereocenters. The van der Waals surface area contributed by atoms with Crippen LogP contribution in [0.4, 0.5) is 5.69 Å². The number of hydrogen-bond donors (Lipinski definition) is 1. The monoisotopic (exact) mass is 424 g/mol. The lowest BCUT2D eigenvalue weighted by molar-refractivity contribution is -0.140. The molecule has 2 fully saturated rings. The third kappa shape index (κ3) is 4.81. The van der Waals surface area contributed by atoms with Crippen molar-refractivity contribution in [3.05, 3.63) is 53.5 Å². The van der Waals surface area contributed by atoms with Crippen molar-refractivity contribution in [2.45, 2.75) is 51.5 Å². The highest BCUT2D eigenvalue weighted by atomic mass is 16.5. The van der Waals surface area contributed by atoms with Crippen molar-refractivity contribution < 1.29 is 23.5 Å². The van der Waals surface area contributed by atoms with Crippen molar-refractivity contribution in [1.29, 1.82) is 0 Å². The van der Waals surface area contributed by atoms with E-state index in [2.05, 4.69) is 5.32 Å². The molecular weight excluding hydrogens is 396 g/mol. The molecule has 1 N–H and O–H groups in total. The van der Waals surface area contributed by atoms with Gasteiger partial charge in [-0.3, -0.25) is 9.59 Å². The number of hydrogen-bond acceptors (Lipinski definition) is 5. The highest BCUT2D eigenvalue weighted by Gasteiger charge is 2.35. The molecular formula is C24H28N2O5. The maximum Gasteiger partial charge on any atom is 0.338 e. The maximum atomic E-state index is 12.8. The number of rotatable bonds is 5. The zero-order valence-electron chi connectivity index (χ0n) is 17.8. The fraction of sp³-hybridized carbons (Fsp3) is 0.458. The van der Waals surface area contributed by atoms with E-state index in [4.69, 9.17) is 9.15 Å². The van der Waals surface area contributed by atoms with Gasteiger partial charge in [0, 0.05) is 18.3 Å². The molecule has 2 atom stereocenters. The summed E-state index contributed by atoms with van der Waals surface area (Å²) >= 11 is 0. The SMILES string of the molecule is Cc1ccc(C(=O)OCC(=O)N2CCC[C@@H]3CCCC[C@@H]32)cc1NC(=O)c1ccco1. The smallest absolute Gasteiger partial charge is 0.338 e. The van der Waals surface area contributed by atoms with Crippen LogP contribution in [0.25, 0.3) is 0 Å². The predicted molar refractivity (Wildman–Crippen MR) is 115 cm³/mol. The number of carbonyl (C=O) groups excluding carboxylic acids is 3. The molecule has 1 saturated carbocycles. The number of aryl methyl sites for hydroxylation is 1. The molecule has 4 rings (SSSR count). The first-order valence-corrected chi connectivity index (χ1v) is 10.9. The Kier molecular flexibility index (Phi) is 6.39. The Labute approximate surface area is 181 Å². The first kappa shape index (κ1) is 21.2. The summed E-state index contributed by atoms with van der Waals surface area (Å²) in [6.45, 7) is 2.31. The van der Waals surface area contributed by atoms with Gasteiger partial charge in [0.05, 0.1) is 11.8 Å². The lowest BCUT2D eigenvalue weighted by atomic mass is 9.78. The number of likely N-dealkylation sites (tertiary alicyclic amines) is 1. The van der Waals surface area contributed by atoms with Crippen molar-refractivity contribution in [3.63, 3.8) is 0 Å². The van der Waals surface area contributed by atoms with E-state index in [1.165, 1.54) is 25.5 Å². The Morgan fingerprint density at radius 1 is 1.13 bits per heavy atom. The third-order valence-corrected chi connectivity index (χ3v) is 6.36. The standard InChI is InChI=1S/C24H28N2O5/c1-16-10-11-18(14-19(16)25-23(28)21-9-5-13-30-21)24(29)31-15-22(27)26-12-4-7-17-6-2-3-8-20(17)26/h5,9-11,13-14,17,20H,2-4,6-8,12,15H2,1H3,(H,25,28)/t17-,20-/m0/s1. The summed E-state index contributed by atoms with van der Waals surface area (Å²) in [4.78, 5) is 39.5. The highest BCUT2D eigenvalue weighted by molar-refractivity contribution is 6.03. The Balaban J connectivity index is 1.37. The largest absolute Gasteiger partial charge is 0.459 e. The van der Waals surface area contributed by atoms with Crippen LogP contribution in [0.3, 0.4) is 0 Å². The molecule has 0 radical (unpaired) electrons. The lowest BCUT2D eigenvalue weighted by Gasteiger charge is -2.44. The molecule has 1 aromatic carbocycles. The van der Waals surface area contributed by atoms with E-state index in [0.717, 1.165) is 31.4 Å². The predicted octanol–water partition coefficient (Wildman–Crippen LogP) is 4.18. The first-order valence-electron chi connectivity index (χ1n) is 10.9. The van der Waals surface area contributed by atoms with Crippen molar-refractivity contribution >= 4 is 23.5 Å². The minimum absolute atomic E-state index is 0.122. The third-order valence-electron chi connectivity index (χ3n) is 6.36. The van der Waals surface area contributed by atoms with E-state index in [0.29, 0.717) is 11.6 Å². The second-order valence-corrected chi connectivity index (χ2v) is 8.38. The first-order chi connectivity index (χ1) is 15.0. The van der Waals surface area contributed by atoms with Gasteiger partial charge < -0.3 is 19.4 Å². The molecule has 7 nitrogen and oxygen atoms in total. The lowest BCUT2D eigenvalue weighted by Crippen LogP contribution is -2.50. The quantitative estimate of drug-likeness (QED) is 0.728. The number of anilines is 1. The number of nitrogens with one attached hydrogen (secondary N) is 1. The van der Waals surface area contributed by atoms with Gasteiger partial charge in [-0.25, -0.2) is 4.79 Å². The Morgan fingerprint density at radius 3 is 2.74 bits per heavy atom. The topological polar surface area (TPSA) is 88.9 Å². The van der Waals surface area contributed by atoms with Crippen molar-refractivity contribution in [3.8, 4) is 0 Å². The van der Waals surface area contributed by atoms with Gasteiger partial charge in [0.25, 0.3) is 11.8 Å². The van der Waals surface area contributed by atoms with Gasteiger partial charge in [0.2, 0.25) is 0 Å². The molecule has 2 heterocycles. The molecule has 1 saturated heterocycles. The van der Waals surface area contributed by atoms with Gasteiger partial charge in [0.15, 0.2) is 12.4 Å². The average molecular weight is 424 g/mol. The van der Waals surface area contributed by atoms with Gasteiger partial charge in [-0.15, -0.1) is 0 Å². The van der Waals surface area contributed by atoms with Crippen LogP contribution in [0.15, 0.2) is 41.0 Å². The summed E-state index contributed by atoms with van der Waals surface area (Å²) in [5.41, 5.74) is 1.56. The summed E-state index contributed by atoms with van der Waals surface area (Å²) in [7, 11) is 0. The van der Waals surface area contributed by atoms with Gasteiger partial charge in [-0.1, -0.05) is 18.9 Å². The molecule has 7 heteroatoms. The number of carbonyl (C=O) groups is 3. The minimum Gasteiger partial charge on any atom is -0.459 e. The van der Waals surface area contributed by atoms with Crippen LogP contribution in [0.2, 0.25) is 0 Å². The number of piperidine rings is 1. The van der Waals surface area contributed by atoms with Crippen LogP contribution in [-0.2, 0) is 9.53 Å². The number of esters is 1. The van der Waals surface area contributed by atoms with Gasteiger partial charge in [-0.05, 0) is 68.4 Å². The Bertz CT molecular complexity index is 951. The fourth-order valence-electron chi connectivity index (χ4n) is 4.70. The summed E-state index contributed by atoms with van der Waals surface area (Å²) in [5.74, 6) is -0.344. The van der Waals surface area contributed by atoms with E-state index in [9.17, 15) is 14.4 Å². The normalized spacial score (nSPS) is 20.6. The maximum absolute atomic E-state index is 12.8. The molecule has 31 heavy (non-hydrogen) atoms. The average Bonchev–Trinajstić information content (AvgIpc) is 3.33. The number of fused-ring (bicyclic) bond motifs is 1. The highest BCUT2D eigenvalue weighted by Crippen LogP contribution is 2.35. The fourth-order valence-corrected chi connectivity index (χ4v) is 4.70. The summed E-state index contributed by atoms with van der Waals surface area (Å²) < 4.78 is 10.4. The number of furan rings is 1. The number of ether oxygens (including phenoxy) is 1. The molecule has 0 spiro atoms. The van der Waals surface area contributed by atoms with Crippen LogP contribution < -0.4 is 5.32 Å². The molecule has 1 aliphatic carbocycles. The summed E-state index contributed by atoms with van der Waals surface area (Å²) in [5, 5.41) is 2.74. The minimum atomic E-state index is -0.584. The van der Waals surface area contributed by atoms with E-state index in [1.54, 1.807) is 30.3 Å². The molecule has 0 bridgehead atoms. The van der Waals surface area contributed by atoms with Crippen LogP contribution in [0.5, 0.6) is 0 Å². The van der Waals surface area contributed by atoms with Crippen molar-refractivity contribution in [1.82, 2.24) is 4.90 Å². The Morgan fingerprint density at radius 2 is 1.94 bits per heavy atom. The summed E-state index contributed by atoms with van der Waals surface area (Å²) in [6.07, 6.45) is 8.24. The van der Waals surface area contributed by atoms with Crippen LogP contribution in [0.1, 0.15) is 65.0 Å². The second kappa shape index (κ2) is 9.37. The number of nitrogens with zero attached hydrogens (tertiary/aromatic N) is 1. The molecule has 1 aromatic heterocycles. The van der Waals surface area contributed by atoms with Crippen LogP contribution in [0, 0.1) is 12.8 Å².